The van der Waals surface area contributed by atoms with Gasteiger partial charge in [0.1, 0.15) is 11.6 Å². The minimum atomic E-state index is -1.63. The van der Waals surface area contributed by atoms with Gasteiger partial charge in [-0.2, -0.15) is 0 Å². The average Bonchev–Trinajstić information content (AvgIpc) is 2.47. The Morgan fingerprint density at radius 3 is 2.61 bits per heavy atom. The number of rotatable bonds is 8. The highest BCUT2D eigenvalue weighted by atomic mass is 35.5. The number of nitrogens with two attached hydrogens (primary N) is 1. The van der Waals surface area contributed by atoms with E-state index in [1.807, 2.05) is 0 Å². The van der Waals surface area contributed by atoms with Gasteiger partial charge in [-0.3, -0.25) is 4.79 Å². The largest absolute Gasteiger partial charge is 0.496 e. The number of ether oxygens (including phenoxy) is 2. The summed E-state index contributed by atoms with van der Waals surface area (Å²) < 4.78 is 36.8. The lowest BCUT2D eigenvalue weighted by molar-refractivity contribution is -0.159. The van der Waals surface area contributed by atoms with Crippen molar-refractivity contribution in [3.05, 3.63) is 29.6 Å². The van der Waals surface area contributed by atoms with Gasteiger partial charge >= 0.3 is 5.97 Å². The van der Waals surface area contributed by atoms with Crippen LogP contribution in [0.1, 0.15) is 38.7 Å². The van der Waals surface area contributed by atoms with Crippen LogP contribution in [-0.2, 0) is 14.9 Å². The Morgan fingerprint density at radius 1 is 1.43 bits per heavy atom. The molecular formula is C16H24ClF2NO3. The molecule has 0 aliphatic rings. The maximum absolute atomic E-state index is 13.5. The van der Waals surface area contributed by atoms with Crippen molar-refractivity contribution in [1.29, 1.82) is 0 Å². The molecule has 0 radical (unpaired) electrons. The monoisotopic (exact) mass is 351 g/mol. The van der Waals surface area contributed by atoms with E-state index in [4.69, 9.17) is 15.2 Å². The Kier molecular flexibility index (Phi) is 9.09. The lowest BCUT2D eigenvalue weighted by Crippen LogP contribution is -2.36. The molecule has 4 nitrogen and oxygen atoms in total. The van der Waals surface area contributed by atoms with E-state index in [1.54, 1.807) is 13.8 Å². The van der Waals surface area contributed by atoms with Crippen LogP contribution in [0, 0.1) is 5.82 Å². The third-order valence-corrected chi connectivity index (χ3v) is 3.57. The molecular weight excluding hydrogens is 328 g/mol. The number of hydrogen-bond acceptors (Lipinski definition) is 4. The third kappa shape index (κ3) is 5.95. The fourth-order valence-electron chi connectivity index (χ4n) is 2.22. The molecule has 1 aromatic rings. The molecule has 2 unspecified atom stereocenters. The number of esters is 1. The summed E-state index contributed by atoms with van der Waals surface area (Å²) in [7, 11) is 1.45. The standard InChI is InChI=1S/C16H23F2NO3.ClH/c1-4-5-14(18)22-15(20)9-16(2,10-19)12-8-11(17)6-7-13(12)21-3;/h6-8,14H,4-5,9-10,19H2,1-3H3;1H. The van der Waals surface area contributed by atoms with Crippen molar-refractivity contribution >= 4 is 18.4 Å². The van der Waals surface area contributed by atoms with E-state index in [-0.39, 0.29) is 31.8 Å². The van der Waals surface area contributed by atoms with Gasteiger partial charge in [0, 0.05) is 23.9 Å². The Morgan fingerprint density at radius 2 is 2.09 bits per heavy atom. The number of carbonyl (C=O) groups is 1. The summed E-state index contributed by atoms with van der Waals surface area (Å²) in [4.78, 5) is 11.9. The van der Waals surface area contributed by atoms with Gasteiger partial charge in [-0.15, -0.1) is 12.4 Å². The van der Waals surface area contributed by atoms with Crippen molar-refractivity contribution in [3.8, 4) is 5.75 Å². The van der Waals surface area contributed by atoms with Gasteiger partial charge in [0.15, 0.2) is 0 Å². The molecule has 1 rings (SSSR count). The lowest BCUT2D eigenvalue weighted by Gasteiger charge is -2.29. The molecule has 2 N–H and O–H groups in total. The van der Waals surface area contributed by atoms with Crippen molar-refractivity contribution < 1.29 is 23.0 Å². The van der Waals surface area contributed by atoms with Gasteiger partial charge in [-0.25, -0.2) is 8.78 Å². The first-order valence-corrected chi connectivity index (χ1v) is 7.24. The summed E-state index contributed by atoms with van der Waals surface area (Å²) >= 11 is 0. The fraction of sp³-hybridized carbons (Fsp3) is 0.562. The number of alkyl halides is 1. The molecule has 0 spiro atoms. The molecule has 1 aromatic carbocycles. The number of methoxy groups -OCH3 is 1. The second-order valence-electron chi connectivity index (χ2n) is 5.47. The van der Waals surface area contributed by atoms with E-state index in [2.05, 4.69) is 0 Å². The van der Waals surface area contributed by atoms with Crippen molar-refractivity contribution in [2.24, 2.45) is 5.73 Å². The summed E-state index contributed by atoms with van der Waals surface area (Å²) in [6.07, 6.45) is -1.07. The Balaban J connectivity index is 0.00000484. The summed E-state index contributed by atoms with van der Waals surface area (Å²) in [6, 6.07) is 4.01. The van der Waals surface area contributed by atoms with E-state index >= 15 is 0 Å². The quantitative estimate of drug-likeness (QED) is 0.728. The fourth-order valence-corrected chi connectivity index (χ4v) is 2.22. The molecule has 0 aromatic heterocycles. The first-order chi connectivity index (χ1) is 10.4. The minimum Gasteiger partial charge on any atom is -0.496 e. The highest BCUT2D eigenvalue weighted by Crippen LogP contribution is 2.35. The zero-order valence-electron chi connectivity index (χ0n) is 13.6. The van der Waals surface area contributed by atoms with Crippen LogP contribution < -0.4 is 10.5 Å². The molecule has 0 saturated carbocycles. The summed E-state index contributed by atoms with van der Waals surface area (Å²) in [5.74, 6) is -0.745. The van der Waals surface area contributed by atoms with Crippen LogP contribution in [-0.4, -0.2) is 26.0 Å². The molecule has 7 heteroatoms. The van der Waals surface area contributed by atoms with Crippen LogP contribution in [0.15, 0.2) is 18.2 Å². The molecule has 23 heavy (non-hydrogen) atoms. The molecule has 0 fully saturated rings. The van der Waals surface area contributed by atoms with Crippen LogP contribution >= 0.6 is 12.4 Å². The second kappa shape index (κ2) is 9.67. The van der Waals surface area contributed by atoms with E-state index in [0.29, 0.717) is 17.7 Å². The zero-order valence-corrected chi connectivity index (χ0v) is 14.4. The van der Waals surface area contributed by atoms with Gasteiger partial charge in [-0.1, -0.05) is 13.8 Å². The lowest BCUT2D eigenvalue weighted by atomic mass is 9.79. The zero-order chi connectivity index (χ0) is 16.8. The molecule has 0 saturated heterocycles. The molecule has 0 bridgehead atoms. The smallest absolute Gasteiger partial charge is 0.309 e. The molecule has 0 aliphatic heterocycles. The third-order valence-electron chi connectivity index (χ3n) is 3.57. The summed E-state index contributed by atoms with van der Waals surface area (Å²) in [5.41, 5.74) is 5.32. The van der Waals surface area contributed by atoms with E-state index in [1.165, 1.54) is 25.3 Å². The van der Waals surface area contributed by atoms with E-state index < -0.39 is 23.6 Å². The Labute approximate surface area is 141 Å². The maximum atomic E-state index is 13.5. The van der Waals surface area contributed by atoms with Crippen molar-refractivity contribution in [2.75, 3.05) is 13.7 Å². The van der Waals surface area contributed by atoms with Gasteiger partial charge in [0.05, 0.1) is 13.5 Å². The predicted octanol–water partition coefficient (Wildman–Crippen LogP) is 3.50. The Hall–Kier alpha value is -1.40. The second-order valence-corrected chi connectivity index (χ2v) is 5.47. The highest BCUT2D eigenvalue weighted by Gasteiger charge is 2.33. The minimum absolute atomic E-state index is 0. The summed E-state index contributed by atoms with van der Waals surface area (Å²) in [5, 5.41) is 0. The molecule has 2 atom stereocenters. The normalized spacial score (nSPS) is 14.3. The van der Waals surface area contributed by atoms with Gasteiger partial charge < -0.3 is 15.2 Å². The number of benzene rings is 1. The van der Waals surface area contributed by atoms with Crippen molar-refractivity contribution in [2.45, 2.75) is 44.9 Å². The predicted molar refractivity (Wildman–Crippen MR) is 87.1 cm³/mol. The number of hydrogen-bond donors (Lipinski definition) is 1. The average molecular weight is 352 g/mol. The number of carbonyl (C=O) groups excluding carboxylic acids is 1. The van der Waals surface area contributed by atoms with Crippen LogP contribution in [0.25, 0.3) is 0 Å². The van der Waals surface area contributed by atoms with Crippen LogP contribution in [0.3, 0.4) is 0 Å². The maximum Gasteiger partial charge on any atom is 0.309 e. The molecule has 132 valence electrons. The van der Waals surface area contributed by atoms with Gasteiger partial charge in [-0.05, 0) is 24.6 Å². The van der Waals surface area contributed by atoms with Crippen molar-refractivity contribution in [3.63, 3.8) is 0 Å². The molecule has 0 amide bonds. The Bertz CT molecular complexity index is 516. The van der Waals surface area contributed by atoms with E-state index in [9.17, 15) is 13.6 Å². The van der Waals surface area contributed by atoms with Crippen molar-refractivity contribution in [1.82, 2.24) is 0 Å². The number of halogens is 3. The molecule has 0 heterocycles. The highest BCUT2D eigenvalue weighted by molar-refractivity contribution is 5.85. The van der Waals surface area contributed by atoms with Gasteiger partial charge in [0.2, 0.25) is 6.36 Å². The first kappa shape index (κ1) is 21.6. The first-order valence-electron chi connectivity index (χ1n) is 7.24. The van der Waals surface area contributed by atoms with Crippen LogP contribution in [0.2, 0.25) is 0 Å². The molecule has 0 aliphatic carbocycles. The van der Waals surface area contributed by atoms with Gasteiger partial charge in [0.25, 0.3) is 0 Å². The van der Waals surface area contributed by atoms with Crippen LogP contribution in [0.5, 0.6) is 5.75 Å². The SMILES string of the molecule is CCCC(F)OC(=O)CC(C)(CN)c1cc(F)ccc1OC.Cl. The van der Waals surface area contributed by atoms with E-state index in [0.717, 1.165) is 0 Å². The van der Waals surface area contributed by atoms with Crippen LogP contribution in [0.4, 0.5) is 8.78 Å². The summed E-state index contributed by atoms with van der Waals surface area (Å²) in [6.45, 7) is 3.55. The topological polar surface area (TPSA) is 61.5 Å².